The minimum atomic E-state index is -0.144. The first-order valence-corrected chi connectivity index (χ1v) is 6.42. The SMILES string of the molecule is Cc1ccc2c(c1)NC(=O)C2=C(Cl)c1ccccc1. The molecule has 1 N–H and O–H groups in total. The van der Waals surface area contributed by atoms with Gasteiger partial charge in [0, 0.05) is 11.3 Å². The van der Waals surface area contributed by atoms with Crippen molar-refractivity contribution in [3.8, 4) is 0 Å². The van der Waals surface area contributed by atoms with Gasteiger partial charge in [-0.15, -0.1) is 0 Å². The predicted octanol–water partition coefficient (Wildman–Crippen LogP) is 4.05. The van der Waals surface area contributed by atoms with Gasteiger partial charge in [0.2, 0.25) is 0 Å². The number of nitrogens with one attached hydrogen (secondary N) is 1. The fraction of sp³-hybridized carbons (Fsp3) is 0.0625. The molecule has 0 atom stereocenters. The van der Waals surface area contributed by atoms with E-state index in [1.807, 2.05) is 55.5 Å². The molecule has 1 aliphatic rings. The molecule has 94 valence electrons. The molecule has 1 heterocycles. The summed E-state index contributed by atoms with van der Waals surface area (Å²) in [5.74, 6) is -0.144. The molecule has 3 rings (SSSR count). The maximum absolute atomic E-state index is 12.1. The van der Waals surface area contributed by atoms with Crippen LogP contribution in [-0.2, 0) is 4.79 Å². The summed E-state index contributed by atoms with van der Waals surface area (Å²) in [5.41, 5.74) is 4.19. The monoisotopic (exact) mass is 269 g/mol. The van der Waals surface area contributed by atoms with E-state index in [2.05, 4.69) is 5.32 Å². The summed E-state index contributed by atoms with van der Waals surface area (Å²) in [6, 6.07) is 15.4. The number of halogens is 1. The molecule has 3 heteroatoms. The maximum Gasteiger partial charge on any atom is 0.257 e. The van der Waals surface area contributed by atoms with Crippen molar-refractivity contribution in [1.82, 2.24) is 0 Å². The zero-order valence-electron chi connectivity index (χ0n) is 10.4. The number of hydrogen-bond donors (Lipinski definition) is 1. The molecule has 19 heavy (non-hydrogen) atoms. The third-order valence-electron chi connectivity index (χ3n) is 3.17. The lowest BCUT2D eigenvalue weighted by Gasteiger charge is -2.04. The van der Waals surface area contributed by atoms with Crippen LogP contribution in [0.25, 0.3) is 10.6 Å². The Balaban J connectivity index is 2.19. The van der Waals surface area contributed by atoms with Crippen molar-refractivity contribution in [2.75, 3.05) is 5.32 Å². The molecule has 2 aromatic carbocycles. The summed E-state index contributed by atoms with van der Waals surface area (Å²) in [4.78, 5) is 12.1. The van der Waals surface area contributed by atoms with Crippen molar-refractivity contribution in [2.24, 2.45) is 0 Å². The minimum absolute atomic E-state index is 0.144. The Morgan fingerprint density at radius 1 is 1.11 bits per heavy atom. The number of anilines is 1. The van der Waals surface area contributed by atoms with E-state index in [-0.39, 0.29) is 5.91 Å². The number of fused-ring (bicyclic) bond motifs is 1. The highest BCUT2D eigenvalue weighted by atomic mass is 35.5. The predicted molar refractivity (Wildman–Crippen MR) is 78.9 cm³/mol. The first kappa shape index (κ1) is 12.0. The zero-order valence-corrected chi connectivity index (χ0v) is 11.2. The van der Waals surface area contributed by atoms with Gasteiger partial charge in [-0.05, 0) is 24.1 Å². The summed E-state index contributed by atoms with van der Waals surface area (Å²) in [6.45, 7) is 1.99. The number of benzene rings is 2. The average Bonchev–Trinajstić information content (AvgIpc) is 2.74. The number of amides is 1. The van der Waals surface area contributed by atoms with E-state index >= 15 is 0 Å². The number of rotatable bonds is 1. The Labute approximate surface area is 116 Å². The molecule has 0 bridgehead atoms. The second kappa shape index (κ2) is 4.56. The average molecular weight is 270 g/mol. The summed E-state index contributed by atoms with van der Waals surface area (Å²) in [6.07, 6.45) is 0. The topological polar surface area (TPSA) is 29.1 Å². The minimum Gasteiger partial charge on any atom is -0.321 e. The highest BCUT2D eigenvalue weighted by Gasteiger charge is 2.27. The molecule has 0 saturated heterocycles. The first-order valence-electron chi connectivity index (χ1n) is 6.04. The summed E-state index contributed by atoms with van der Waals surface area (Å²) >= 11 is 6.39. The molecule has 0 unspecified atom stereocenters. The van der Waals surface area contributed by atoms with E-state index in [0.717, 1.165) is 22.4 Å². The van der Waals surface area contributed by atoms with Crippen LogP contribution in [0, 0.1) is 6.92 Å². The maximum atomic E-state index is 12.1. The van der Waals surface area contributed by atoms with Crippen molar-refractivity contribution in [3.63, 3.8) is 0 Å². The quantitative estimate of drug-likeness (QED) is 0.778. The van der Waals surface area contributed by atoms with Gasteiger partial charge in [-0.2, -0.15) is 0 Å². The van der Waals surface area contributed by atoms with Crippen LogP contribution in [-0.4, -0.2) is 5.91 Å². The van der Waals surface area contributed by atoms with Crippen LogP contribution in [0.2, 0.25) is 0 Å². The van der Waals surface area contributed by atoms with Gasteiger partial charge in [0.25, 0.3) is 5.91 Å². The molecule has 2 aromatic rings. The molecule has 0 radical (unpaired) electrons. The van der Waals surface area contributed by atoms with Crippen LogP contribution in [0.15, 0.2) is 48.5 Å². The Morgan fingerprint density at radius 2 is 1.84 bits per heavy atom. The van der Waals surface area contributed by atoms with Gasteiger partial charge in [-0.3, -0.25) is 4.79 Å². The van der Waals surface area contributed by atoms with Gasteiger partial charge in [0.15, 0.2) is 0 Å². The van der Waals surface area contributed by atoms with Gasteiger partial charge in [0.1, 0.15) is 0 Å². The van der Waals surface area contributed by atoms with Crippen LogP contribution in [0.5, 0.6) is 0 Å². The van der Waals surface area contributed by atoms with E-state index in [1.54, 1.807) is 0 Å². The molecule has 0 aromatic heterocycles. The first-order chi connectivity index (χ1) is 9.16. The van der Waals surface area contributed by atoms with Crippen molar-refractivity contribution in [3.05, 3.63) is 65.2 Å². The lowest BCUT2D eigenvalue weighted by molar-refractivity contribution is -0.110. The molecular formula is C16H12ClNO. The van der Waals surface area contributed by atoms with E-state index in [4.69, 9.17) is 11.6 Å². The van der Waals surface area contributed by atoms with Gasteiger partial charge < -0.3 is 5.32 Å². The highest BCUT2D eigenvalue weighted by molar-refractivity contribution is 6.59. The lowest BCUT2D eigenvalue weighted by Crippen LogP contribution is -2.04. The zero-order chi connectivity index (χ0) is 13.4. The highest BCUT2D eigenvalue weighted by Crippen LogP contribution is 2.38. The Bertz CT molecular complexity index is 689. The summed E-state index contributed by atoms with van der Waals surface area (Å²) < 4.78 is 0. The van der Waals surface area contributed by atoms with Crippen LogP contribution in [0.4, 0.5) is 5.69 Å². The smallest absolute Gasteiger partial charge is 0.257 e. The second-order valence-electron chi connectivity index (χ2n) is 4.56. The van der Waals surface area contributed by atoms with Gasteiger partial charge in [-0.25, -0.2) is 0 Å². The van der Waals surface area contributed by atoms with Crippen molar-refractivity contribution < 1.29 is 4.79 Å². The van der Waals surface area contributed by atoms with Crippen molar-refractivity contribution in [2.45, 2.75) is 6.92 Å². The molecule has 0 spiro atoms. The molecular weight excluding hydrogens is 258 g/mol. The largest absolute Gasteiger partial charge is 0.321 e. The van der Waals surface area contributed by atoms with E-state index in [1.165, 1.54) is 0 Å². The van der Waals surface area contributed by atoms with E-state index in [9.17, 15) is 4.79 Å². The Kier molecular flexibility index (Phi) is 2.88. The van der Waals surface area contributed by atoms with Crippen molar-refractivity contribution >= 4 is 33.8 Å². The third-order valence-corrected chi connectivity index (χ3v) is 3.57. The summed E-state index contributed by atoms with van der Waals surface area (Å²) in [7, 11) is 0. The fourth-order valence-electron chi connectivity index (χ4n) is 2.23. The summed E-state index contributed by atoms with van der Waals surface area (Å²) in [5, 5.41) is 3.34. The van der Waals surface area contributed by atoms with Gasteiger partial charge in [0.05, 0.1) is 10.6 Å². The Hall–Kier alpha value is -2.06. The number of hydrogen-bond acceptors (Lipinski definition) is 1. The molecule has 0 aliphatic carbocycles. The van der Waals surface area contributed by atoms with E-state index < -0.39 is 0 Å². The number of carbonyl (C=O) groups excluding carboxylic acids is 1. The van der Waals surface area contributed by atoms with Gasteiger partial charge >= 0.3 is 0 Å². The molecule has 0 saturated carbocycles. The standard InChI is InChI=1S/C16H12ClNO/c1-10-7-8-12-13(9-10)18-16(19)14(12)15(17)11-5-3-2-4-6-11/h2-9H,1H3,(H,18,19). The van der Waals surface area contributed by atoms with Crippen molar-refractivity contribution in [1.29, 1.82) is 0 Å². The van der Waals surface area contributed by atoms with Gasteiger partial charge in [-0.1, -0.05) is 54.1 Å². The molecule has 1 aliphatic heterocycles. The second-order valence-corrected chi connectivity index (χ2v) is 4.94. The van der Waals surface area contributed by atoms with Crippen LogP contribution in [0.1, 0.15) is 16.7 Å². The van der Waals surface area contributed by atoms with E-state index in [0.29, 0.717) is 10.6 Å². The number of carbonyl (C=O) groups is 1. The fourth-order valence-corrected chi connectivity index (χ4v) is 2.55. The van der Waals surface area contributed by atoms with Crippen LogP contribution in [0.3, 0.4) is 0 Å². The van der Waals surface area contributed by atoms with Crippen LogP contribution >= 0.6 is 11.6 Å². The molecule has 1 amide bonds. The normalized spacial score (nSPS) is 16.0. The lowest BCUT2D eigenvalue weighted by atomic mass is 10.0. The Morgan fingerprint density at radius 3 is 2.58 bits per heavy atom. The molecule has 0 fully saturated rings. The number of aryl methyl sites for hydroxylation is 1. The van der Waals surface area contributed by atoms with Crippen LogP contribution < -0.4 is 5.32 Å². The third kappa shape index (κ3) is 2.04. The molecule has 2 nitrogen and oxygen atoms in total.